The Morgan fingerprint density at radius 2 is 1.95 bits per heavy atom. The largest absolute Gasteiger partial charge is 0.303 e. The van der Waals surface area contributed by atoms with E-state index in [2.05, 4.69) is 36.5 Å². The van der Waals surface area contributed by atoms with E-state index in [9.17, 15) is 4.39 Å². The highest BCUT2D eigenvalue weighted by atomic mass is 19.1. The van der Waals surface area contributed by atoms with Crippen LogP contribution in [0, 0.1) is 5.82 Å². The van der Waals surface area contributed by atoms with E-state index in [1.807, 2.05) is 6.07 Å². The summed E-state index contributed by atoms with van der Waals surface area (Å²) in [6, 6.07) is 16.1. The molecule has 21 heavy (non-hydrogen) atoms. The topological polar surface area (TPSA) is 12.0 Å². The quantitative estimate of drug-likeness (QED) is 0.786. The molecule has 2 aromatic carbocycles. The smallest absolute Gasteiger partial charge is 0.123 e. The summed E-state index contributed by atoms with van der Waals surface area (Å²) >= 11 is 0. The van der Waals surface area contributed by atoms with Gasteiger partial charge in [-0.15, -0.1) is 0 Å². The van der Waals surface area contributed by atoms with Crippen LogP contribution in [0.1, 0.15) is 55.0 Å². The predicted molar refractivity (Wildman–Crippen MR) is 84.7 cm³/mol. The predicted octanol–water partition coefficient (Wildman–Crippen LogP) is 4.94. The lowest BCUT2D eigenvalue weighted by molar-refractivity contribution is 0.436. The fraction of sp³-hybridized carbons (Fsp3) is 0.368. The molecule has 0 fully saturated rings. The summed E-state index contributed by atoms with van der Waals surface area (Å²) in [7, 11) is 0. The van der Waals surface area contributed by atoms with Crippen molar-refractivity contribution in [3.05, 3.63) is 71.0 Å². The summed E-state index contributed by atoms with van der Waals surface area (Å²) < 4.78 is 13.4. The van der Waals surface area contributed by atoms with Gasteiger partial charge in [-0.25, -0.2) is 4.39 Å². The zero-order valence-electron chi connectivity index (χ0n) is 12.5. The third-order valence-corrected chi connectivity index (χ3v) is 4.42. The average Bonchev–Trinajstić information content (AvgIpc) is 2.70. The number of nitrogens with one attached hydrogen (secondary N) is 1. The van der Waals surface area contributed by atoms with Crippen LogP contribution in [0.15, 0.2) is 48.5 Å². The summed E-state index contributed by atoms with van der Waals surface area (Å²) in [5.74, 6) is -0.164. The zero-order chi connectivity index (χ0) is 14.7. The number of hydrogen-bond donors (Lipinski definition) is 1. The second-order valence-electron chi connectivity index (χ2n) is 5.94. The molecular weight excluding hydrogens is 261 g/mol. The SMILES string of the molecule is CC(NC1CCCCc2ccccc21)c1cccc(F)c1. The van der Waals surface area contributed by atoms with Gasteiger partial charge in [-0.3, -0.25) is 0 Å². The lowest BCUT2D eigenvalue weighted by atomic mass is 9.97. The molecule has 0 bridgehead atoms. The van der Waals surface area contributed by atoms with Crippen LogP contribution in [0.3, 0.4) is 0 Å². The van der Waals surface area contributed by atoms with Gasteiger partial charge in [0.1, 0.15) is 5.82 Å². The van der Waals surface area contributed by atoms with Crippen molar-refractivity contribution in [2.24, 2.45) is 0 Å². The van der Waals surface area contributed by atoms with Gasteiger partial charge in [0.05, 0.1) is 0 Å². The molecule has 1 N–H and O–H groups in total. The highest BCUT2D eigenvalue weighted by Gasteiger charge is 2.20. The maximum Gasteiger partial charge on any atom is 0.123 e. The van der Waals surface area contributed by atoms with E-state index in [4.69, 9.17) is 0 Å². The third kappa shape index (κ3) is 3.33. The number of benzene rings is 2. The molecule has 2 atom stereocenters. The minimum Gasteiger partial charge on any atom is -0.303 e. The molecule has 1 aliphatic rings. The average molecular weight is 283 g/mol. The van der Waals surface area contributed by atoms with Crippen LogP contribution < -0.4 is 5.32 Å². The molecule has 0 saturated heterocycles. The normalized spacial score (nSPS) is 19.6. The Bertz CT molecular complexity index is 608. The monoisotopic (exact) mass is 283 g/mol. The molecular formula is C19H22FN. The molecule has 0 amide bonds. The Balaban J connectivity index is 1.81. The summed E-state index contributed by atoms with van der Waals surface area (Å²) in [4.78, 5) is 0. The third-order valence-electron chi connectivity index (χ3n) is 4.42. The second kappa shape index (κ2) is 6.40. The van der Waals surface area contributed by atoms with E-state index < -0.39 is 0 Å². The van der Waals surface area contributed by atoms with Gasteiger partial charge in [-0.1, -0.05) is 42.8 Å². The Labute approximate surface area is 126 Å². The minimum absolute atomic E-state index is 0.150. The Morgan fingerprint density at radius 3 is 2.81 bits per heavy atom. The van der Waals surface area contributed by atoms with Gasteiger partial charge in [-0.05, 0) is 55.0 Å². The van der Waals surface area contributed by atoms with Gasteiger partial charge in [0.25, 0.3) is 0 Å². The fourth-order valence-electron chi connectivity index (χ4n) is 3.27. The summed E-state index contributed by atoms with van der Waals surface area (Å²) in [5.41, 5.74) is 3.88. The van der Waals surface area contributed by atoms with E-state index in [0.717, 1.165) is 12.0 Å². The first-order chi connectivity index (χ1) is 10.2. The first kappa shape index (κ1) is 14.3. The molecule has 1 aliphatic carbocycles. The van der Waals surface area contributed by atoms with Crippen LogP contribution in [0.4, 0.5) is 4.39 Å². The van der Waals surface area contributed by atoms with Crippen LogP contribution in [0.5, 0.6) is 0 Å². The van der Waals surface area contributed by atoms with E-state index in [1.165, 1.54) is 36.5 Å². The molecule has 0 spiro atoms. The molecule has 1 nitrogen and oxygen atoms in total. The fourth-order valence-corrected chi connectivity index (χ4v) is 3.27. The first-order valence-corrected chi connectivity index (χ1v) is 7.83. The second-order valence-corrected chi connectivity index (χ2v) is 5.94. The summed E-state index contributed by atoms with van der Waals surface area (Å²) in [6.45, 7) is 2.11. The van der Waals surface area contributed by atoms with Crippen molar-refractivity contribution >= 4 is 0 Å². The molecule has 0 radical (unpaired) electrons. The van der Waals surface area contributed by atoms with Crippen LogP contribution in [-0.4, -0.2) is 0 Å². The minimum atomic E-state index is -0.164. The lowest BCUT2D eigenvalue weighted by Crippen LogP contribution is -2.25. The van der Waals surface area contributed by atoms with E-state index >= 15 is 0 Å². The number of aryl methyl sites for hydroxylation is 1. The molecule has 0 aromatic heterocycles. The summed E-state index contributed by atoms with van der Waals surface area (Å²) in [5, 5.41) is 3.69. The molecule has 0 aliphatic heterocycles. The van der Waals surface area contributed by atoms with Gasteiger partial charge in [0.15, 0.2) is 0 Å². The molecule has 0 saturated carbocycles. The van der Waals surface area contributed by atoms with E-state index in [-0.39, 0.29) is 11.9 Å². The van der Waals surface area contributed by atoms with Crippen LogP contribution in [0.2, 0.25) is 0 Å². The standard InChI is InChI=1S/C19H22FN/c1-14(16-9-6-10-17(20)13-16)21-19-12-5-3-8-15-7-2-4-11-18(15)19/h2,4,6-7,9-11,13-14,19,21H,3,5,8,12H2,1H3. The highest BCUT2D eigenvalue weighted by molar-refractivity contribution is 5.31. The number of hydrogen-bond acceptors (Lipinski definition) is 1. The lowest BCUT2D eigenvalue weighted by Gasteiger charge is -2.24. The van der Waals surface area contributed by atoms with Gasteiger partial charge >= 0.3 is 0 Å². The van der Waals surface area contributed by atoms with Gasteiger partial charge < -0.3 is 5.32 Å². The van der Waals surface area contributed by atoms with Crippen molar-refractivity contribution in [3.8, 4) is 0 Å². The van der Waals surface area contributed by atoms with E-state index in [1.54, 1.807) is 12.1 Å². The Hall–Kier alpha value is -1.67. The van der Waals surface area contributed by atoms with Crippen molar-refractivity contribution in [3.63, 3.8) is 0 Å². The van der Waals surface area contributed by atoms with Crippen molar-refractivity contribution in [2.45, 2.75) is 44.7 Å². The van der Waals surface area contributed by atoms with Crippen molar-refractivity contribution in [1.29, 1.82) is 0 Å². The maximum absolute atomic E-state index is 13.4. The molecule has 2 heteroatoms. The van der Waals surface area contributed by atoms with Gasteiger partial charge in [0, 0.05) is 12.1 Å². The number of halogens is 1. The molecule has 110 valence electrons. The van der Waals surface area contributed by atoms with Gasteiger partial charge in [0.2, 0.25) is 0 Å². The maximum atomic E-state index is 13.4. The van der Waals surface area contributed by atoms with Crippen molar-refractivity contribution in [1.82, 2.24) is 5.32 Å². The zero-order valence-corrected chi connectivity index (χ0v) is 12.5. The Kier molecular flexibility index (Phi) is 4.35. The van der Waals surface area contributed by atoms with E-state index in [0.29, 0.717) is 6.04 Å². The Morgan fingerprint density at radius 1 is 1.10 bits per heavy atom. The van der Waals surface area contributed by atoms with Crippen LogP contribution >= 0.6 is 0 Å². The molecule has 0 heterocycles. The van der Waals surface area contributed by atoms with Crippen molar-refractivity contribution in [2.75, 3.05) is 0 Å². The van der Waals surface area contributed by atoms with Crippen LogP contribution in [-0.2, 0) is 6.42 Å². The molecule has 3 rings (SSSR count). The van der Waals surface area contributed by atoms with Crippen LogP contribution in [0.25, 0.3) is 0 Å². The van der Waals surface area contributed by atoms with Gasteiger partial charge in [-0.2, -0.15) is 0 Å². The number of fused-ring (bicyclic) bond motifs is 1. The highest BCUT2D eigenvalue weighted by Crippen LogP contribution is 2.30. The summed E-state index contributed by atoms with van der Waals surface area (Å²) in [6.07, 6.45) is 4.81. The van der Waals surface area contributed by atoms with Crippen molar-refractivity contribution < 1.29 is 4.39 Å². The first-order valence-electron chi connectivity index (χ1n) is 7.83. The number of rotatable bonds is 3. The molecule has 2 aromatic rings. The molecule has 2 unspecified atom stereocenters.